The Balaban J connectivity index is 1.74. The van der Waals surface area contributed by atoms with Gasteiger partial charge in [-0.25, -0.2) is 4.79 Å². The number of carbonyl (C=O) groups is 2. The Morgan fingerprint density at radius 2 is 1.61 bits per heavy atom. The minimum absolute atomic E-state index is 0.206. The van der Waals surface area contributed by atoms with Crippen LogP contribution >= 0.6 is 0 Å². The van der Waals surface area contributed by atoms with Crippen molar-refractivity contribution in [2.45, 2.75) is 38.8 Å². The van der Waals surface area contributed by atoms with Crippen molar-refractivity contribution < 1.29 is 27.3 Å². The third-order valence-corrected chi connectivity index (χ3v) is 5.00. The zero-order valence-corrected chi connectivity index (χ0v) is 17.0. The van der Waals surface area contributed by atoms with E-state index in [1.165, 1.54) is 30.3 Å². The fraction of sp³-hybridized carbons (Fsp3) is 0.273. The monoisotopic (exact) mass is 432 g/mol. The summed E-state index contributed by atoms with van der Waals surface area (Å²) in [7, 11) is 0. The standard InChI is InChI=1S/C22H19F3N2O4/c1-12-17-10-15(8-9-16(17)20(30)31-27-12)26-19(29)18(28)11-21(2,3)13-4-6-14(7-5-13)22(23,24)25/h4-10H,11H2,1-3H3,(H,26,29). The number of aryl methyl sites for hydroxylation is 1. The summed E-state index contributed by atoms with van der Waals surface area (Å²) in [6.45, 7) is 4.98. The summed E-state index contributed by atoms with van der Waals surface area (Å²) >= 11 is 0. The summed E-state index contributed by atoms with van der Waals surface area (Å²) in [5.41, 5.74) is -1.02. The first-order valence-corrected chi connectivity index (χ1v) is 9.31. The highest BCUT2D eigenvalue weighted by Gasteiger charge is 2.32. The van der Waals surface area contributed by atoms with Gasteiger partial charge in [-0.2, -0.15) is 13.2 Å². The highest BCUT2D eigenvalue weighted by molar-refractivity contribution is 6.40. The molecular formula is C22H19F3N2O4. The lowest BCUT2D eigenvalue weighted by Gasteiger charge is -2.24. The van der Waals surface area contributed by atoms with E-state index in [0.29, 0.717) is 27.7 Å². The Hall–Kier alpha value is -3.49. The number of amides is 1. The molecule has 0 aliphatic heterocycles. The second-order valence-corrected chi connectivity index (χ2v) is 7.83. The van der Waals surface area contributed by atoms with Gasteiger partial charge in [0, 0.05) is 17.5 Å². The van der Waals surface area contributed by atoms with E-state index in [0.717, 1.165) is 12.1 Å². The van der Waals surface area contributed by atoms with Crippen LogP contribution in [0.15, 0.2) is 51.8 Å². The lowest BCUT2D eigenvalue weighted by atomic mass is 9.80. The normalized spacial score (nSPS) is 12.1. The number of fused-ring (bicyclic) bond motifs is 1. The van der Waals surface area contributed by atoms with Crippen molar-refractivity contribution in [3.63, 3.8) is 0 Å². The first-order chi connectivity index (χ1) is 14.4. The molecule has 6 nitrogen and oxygen atoms in total. The van der Waals surface area contributed by atoms with E-state index in [4.69, 9.17) is 0 Å². The van der Waals surface area contributed by atoms with Crippen molar-refractivity contribution in [2.75, 3.05) is 5.32 Å². The summed E-state index contributed by atoms with van der Waals surface area (Å²) in [5, 5.41) is 6.88. The Bertz CT molecular complexity index is 1210. The summed E-state index contributed by atoms with van der Waals surface area (Å²) in [4.78, 5) is 36.6. The van der Waals surface area contributed by atoms with Gasteiger partial charge in [-0.05, 0) is 48.2 Å². The number of anilines is 1. The molecule has 0 unspecified atom stereocenters. The highest BCUT2D eigenvalue weighted by atomic mass is 19.4. The van der Waals surface area contributed by atoms with Crippen LogP contribution in [0.1, 0.15) is 37.1 Å². The molecule has 1 amide bonds. The molecule has 0 saturated carbocycles. The molecule has 3 aromatic rings. The predicted octanol–water partition coefficient (Wildman–Crippen LogP) is 4.39. The molecule has 0 atom stereocenters. The molecule has 2 aromatic carbocycles. The van der Waals surface area contributed by atoms with Gasteiger partial charge in [0.1, 0.15) is 0 Å². The minimum Gasteiger partial charge on any atom is -0.319 e. The van der Waals surface area contributed by atoms with E-state index in [-0.39, 0.29) is 6.42 Å². The van der Waals surface area contributed by atoms with Gasteiger partial charge in [-0.3, -0.25) is 9.59 Å². The fourth-order valence-electron chi connectivity index (χ4n) is 3.20. The van der Waals surface area contributed by atoms with Crippen molar-refractivity contribution >= 4 is 28.2 Å². The lowest BCUT2D eigenvalue weighted by molar-refractivity contribution is -0.137. The van der Waals surface area contributed by atoms with Gasteiger partial charge in [0.15, 0.2) is 0 Å². The molecule has 0 bridgehead atoms. The summed E-state index contributed by atoms with van der Waals surface area (Å²) in [6, 6.07) is 8.94. The zero-order valence-electron chi connectivity index (χ0n) is 17.0. The number of hydrogen-bond acceptors (Lipinski definition) is 5. The molecule has 0 fully saturated rings. The molecule has 9 heteroatoms. The molecule has 0 spiro atoms. The van der Waals surface area contributed by atoms with Crippen molar-refractivity contribution in [1.29, 1.82) is 0 Å². The van der Waals surface area contributed by atoms with Crippen LogP contribution in [0.3, 0.4) is 0 Å². The number of aromatic nitrogens is 1. The molecule has 1 aromatic heterocycles. The number of benzene rings is 2. The van der Waals surface area contributed by atoms with E-state index in [1.807, 2.05) is 0 Å². The van der Waals surface area contributed by atoms with Crippen LogP contribution in [0.2, 0.25) is 0 Å². The van der Waals surface area contributed by atoms with Gasteiger partial charge in [0.05, 0.1) is 16.6 Å². The maximum absolute atomic E-state index is 12.8. The SMILES string of the molecule is Cc1noc(=O)c2ccc(NC(=O)C(=O)CC(C)(C)c3ccc(C(F)(F)F)cc3)cc12. The van der Waals surface area contributed by atoms with Gasteiger partial charge < -0.3 is 9.84 Å². The number of carbonyl (C=O) groups excluding carboxylic acids is 2. The maximum Gasteiger partial charge on any atom is 0.416 e. The number of ketones is 1. The van der Waals surface area contributed by atoms with Crippen LogP contribution in [-0.4, -0.2) is 16.8 Å². The smallest absolute Gasteiger partial charge is 0.319 e. The van der Waals surface area contributed by atoms with Crippen molar-refractivity contribution in [3.8, 4) is 0 Å². The number of Topliss-reactive ketones (excluding diaryl/α,β-unsaturated/α-hetero) is 1. The molecule has 0 radical (unpaired) electrons. The third kappa shape index (κ3) is 4.82. The quantitative estimate of drug-likeness (QED) is 0.604. The molecule has 3 rings (SSSR count). The summed E-state index contributed by atoms with van der Waals surface area (Å²) in [5.74, 6) is -1.60. The third-order valence-electron chi connectivity index (χ3n) is 5.00. The number of rotatable bonds is 5. The van der Waals surface area contributed by atoms with E-state index in [1.54, 1.807) is 20.8 Å². The summed E-state index contributed by atoms with van der Waals surface area (Å²) < 4.78 is 42.9. The van der Waals surface area contributed by atoms with E-state index in [9.17, 15) is 27.6 Å². The van der Waals surface area contributed by atoms with E-state index in [2.05, 4.69) is 15.0 Å². The van der Waals surface area contributed by atoms with Gasteiger partial charge in [-0.15, -0.1) is 0 Å². The van der Waals surface area contributed by atoms with Crippen molar-refractivity contribution in [2.24, 2.45) is 0 Å². The maximum atomic E-state index is 12.8. The molecule has 1 heterocycles. The Morgan fingerprint density at radius 3 is 2.23 bits per heavy atom. The molecule has 0 saturated heterocycles. The Kier molecular flexibility index (Phi) is 5.71. The minimum atomic E-state index is -4.45. The number of halogens is 3. The second-order valence-electron chi connectivity index (χ2n) is 7.83. The molecule has 31 heavy (non-hydrogen) atoms. The van der Waals surface area contributed by atoms with Crippen molar-refractivity contribution in [1.82, 2.24) is 5.16 Å². The van der Waals surface area contributed by atoms with Crippen LogP contribution < -0.4 is 10.9 Å². The van der Waals surface area contributed by atoms with Crippen molar-refractivity contribution in [3.05, 3.63) is 69.7 Å². The van der Waals surface area contributed by atoms with Gasteiger partial charge in [-0.1, -0.05) is 31.1 Å². The zero-order chi connectivity index (χ0) is 23.0. The molecular weight excluding hydrogens is 413 g/mol. The van der Waals surface area contributed by atoms with Crippen LogP contribution in [0.25, 0.3) is 10.8 Å². The number of nitrogens with one attached hydrogen (secondary N) is 1. The van der Waals surface area contributed by atoms with Gasteiger partial charge >= 0.3 is 11.8 Å². The van der Waals surface area contributed by atoms with Crippen LogP contribution in [0, 0.1) is 6.92 Å². The Morgan fingerprint density at radius 1 is 1.00 bits per heavy atom. The topological polar surface area (TPSA) is 89.3 Å². The second kappa shape index (κ2) is 7.98. The van der Waals surface area contributed by atoms with Crippen LogP contribution in [0.5, 0.6) is 0 Å². The largest absolute Gasteiger partial charge is 0.416 e. The predicted molar refractivity (Wildman–Crippen MR) is 108 cm³/mol. The van der Waals surface area contributed by atoms with Crippen LogP contribution in [0.4, 0.5) is 18.9 Å². The highest BCUT2D eigenvalue weighted by Crippen LogP contribution is 2.33. The molecule has 162 valence electrons. The van der Waals surface area contributed by atoms with E-state index >= 15 is 0 Å². The molecule has 0 aliphatic rings. The number of nitrogens with zero attached hydrogens (tertiary/aromatic N) is 1. The summed E-state index contributed by atoms with van der Waals surface area (Å²) in [6.07, 6.45) is -4.66. The van der Waals surface area contributed by atoms with Crippen LogP contribution in [-0.2, 0) is 21.2 Å². The molecule has 0 aliphatic carbocycles. The van der Waals surface area contributed by atoms with E-state index < -0.39 is 34.5 Å². The Labute approximate surface area is 175 Å². The first-order valence-electron chi connectivity index (χ1n) is 9.31. The van der Waals surface area contributed by atoms with Gasteiger partial charge in [0.25, 0.3) is 5.91 Å². The lowest BCUT2D eigenvalue weighted by Crippen LogP contribution is -2.30. The molecule has 1 N–H and O–H groups in total. The number of hydrogen-bond donors (Lipinski definition) is 1. The number of alkyl halides is 3. The average Bonchev–Trinajstić information content (AvgIpc) is 2.70. The van der Waals surface area contributed by atoms with Gasteiger partial charge in [0.2, 0.25) is 5.78 Å². The first kappa shape index (κ1) is 22.2. The average molecular weight is 432 g/mol. The fourth-order valence-corrected chi connectivity index (χ4v) is 3.20.